The first kappa shape index (κ1) is 29.7. The minimum atomic E-state index is -1.35. The molecule has 0 spiro atoms. The van der Waals surface area contributed by atoms with Gasteiger partial charge in [0.2, 0.25) is 23.6 Å². The number of thioether (sulfide) groups is 1. The molecule has 12 nitrogen and oxygen atoms in total. The number of nitrogens with one attached hydrogen (secondary N) is 3. The van der Waals surface area contributed by atoms with Gasteiger partial charge in [-0.05, 0) is 55.9 Å². The molecule has 194 valence electrons. The summed E-state index contributed by atoms with van der Waals surface area (Å²) in [5.74, 6) is -3.42. The van der Waals surface area contributed by atoms with E-state index in [0.29, 0.717) is 5.75 Å². The largest absolute Gasteiger partial charge is 0.508 e. The van der Waals surface area contributed by atoms with E-state index >= 15 is 0 Å². The SMILES string of the molecule is CSCCC(NC(=O)C(C)NC(=O)C(N)Cc1ccc(O)cc1)C(=O)NC(CCC(N)=O)C(=O)O. The van der Waals surface area contributed by atoms with Crippen molar-refractivity contribution in [3.05, 3.63) is 29.8 Å². The Bertz CT molecular complexity index is 897. The Kier molecular flexibility index (Phi) is 12.6. The van der Waals surface area contributed by atoms with Crippen LogP contribution in [0.3, 0.4) is 0 Å². The number of carboxylic acids is 1. The lowest BCUT2D eigenvalue weighted by Gasteiger charge is -2.23. The van der Waals surface area contributed by atoms with E-state index in [-0.39, 0.29) is 31.4 Å². The van der Waals surface area contributed by atoms with Crippen LogP contribution < -0.4 is 27.4 Å². The highest BCUT2D eigenvalue weighted by atomic mass is 32.2. The van der Waals surface area contributed by atoms with Crippen molar-refractivity contribution in [3.8, 4) is 5.75 Å². The van der Waals surface area contributed by atoms with Crippen molar-refractivity contribution in [2.75, 3.05) is 12.0 Å². The third-order valence-electron chi connectivity index (χ3n) is 5.02. The van der Waals surface area contributed by atoms with E-state index in [1.54, 1.807) is 12.1 Å². The number of carboxylic acid groups (broad SMARTS) is 1. The zero-order valence-electron chi connectivity index (χ0n) is 19.7. The quantitative estimate of drug-likeness (QED) is 0.151. The molecule has 35 heavy (non-hydrogen) atoms. The highest BCUT2D eigenvalue weighted by Crippen LogP contribution is 2.11. The van der Waals surface area contributed by atoms with Crippen molar-refractivity contribution >= 4 is 41.4 Å². The Hall–Kier alpha value is -3.32. The lowest BCUT2D eigenvalue weighted by Crippen LogP contribution is -2.56. The maximum absolute atomic E-state index is 12.7. The number of primary amides is 1. The van der Waals surface area contributed by atoms with Crippen molar-refractivity contribution in [1.29, 1.82) is 0 Å². The van der Waals surface area contributed by atoms with Crippen molar-refractivity contribution in [2.45, 2.75) is 56.8 Å². The molecule has 0 saturated carbocycles. The minimum Gasteiger partial charge on any atom is -0.508 e. The minimum absolute atomic E-state index is 0.0830. The fourth-order valence-electron chi connectivity index (χ4n) is 2.98. The summed E-state index contributed by atoms with van der Waals surface area (Å²) in [6, 6.07) is 1.81. The molecule has 0 radical (unpaired) electrons. The van der Waals surface area contributed by atoms with E-state index in [1.165, 1.54) is 30.8 Å². The number of benzene rings is 1. The summed E-state index contributed by atoms with van der Waals surface area (Å²) in [6.45, 7) is 1.43. The van der Waals surface area contributed by atoms with E-state index in [0.717, 1.165) is 5.56 Å². The number of carbonyl (C=O) groups is 5. The van der Waals surface area contributed by atoms with Crippen molar-refractivity contribution < 1.29 is 34.2 Å². The third-order valence-corrected chi connectivity index (χ3v) is 5.66. The number of amides is 4. The van der Waals surface area contributed by atoms with Gasteiger partial charge in [-0.2, -0.15) is 11.8 Å². The number of aliphatic carboxylic acids is 1. The molecule has 0 aliphatic carbocycles. The molecule has 4 unspecified atom stereocenters. The third kappa shape index (κ3) is 11.1. The van der Waals surface area contributed by atoms with Crippen LogP contribution in [0.5, 0.6) is 5.75 Å². The summed E-state index contributed by atoms with van der Waals surface area (Å²) in [7, 11) is 0. The number of hydrogen-bond donors (Lipinski definition) is 7. The lowest BCUT2D eigenvalue weighted by atomic mass is 10.1. The second kappa shape index (κ2) is 14.8. The second-order valence-corrected chi connectivity index (χ2v) is 8.94. The average Bonchev–Trinajstić information content (AvgIpc) is 2.79. The summed E-state index contributed by atoms with van der Waals surface area (Å²) >= 11 is 1.43. The predicted molar refractivity (Wildman–Crippen MR) is 130 cm³/mol. The second-order valence-electron chi connectivity index (χ2n) is 7.95. The molecule has 0 bridgehead atoms. The van der Waals surface area contributed by atoms with Gasteiger partial charge in [0.25, 0.3) is 0 Å². The van der Waals surface area contributed by atoms with Gasteiger partial charge in [0.15, 0.2) is 0 Å². The molecular weight excluding hydrogens is 478 g/mol. The van der Waals surface area contributed by atoms with Crippen LogP contribution in [-0.2, 0) is 30.4 Å². The molecular formula is C22H33N5O7S. The zero-order chi connectivity index (χ0) is 26.5. The van der Waals surface area contributed by atoms with Gasteiger partial charge >= 0.3 is 5.97 Å². The molecule has 1 rings (SSSR count). The van der Waals surface area contributed by atoms with Gasteiger partial charge in [-0.3, -0.25) is 19.2 Å². The fourth-order valence-corrected chi connectivity index (χ4v) is 3.45. The molecule has 9 N–H and O–H groups in total. The number of hydrogen-bond acceptors (Lipinski definition) is 8. The average molecular weight is 512 g/mol. The van der Waals surface area contributed by atoms with E-state index in [2.05, 4.69) is 16.0 Å². The molecule has 4 amide bonds. The van der Waals surface area contributed by atoms with Gasteiger partial charge in [-0.1, -0.05) is 12.1 Å². The summed E-state index contributed by atoms with van der Waals surface area (Å²) in [4.78, 5) is 60.1. The van der Waals surface area contributed by atoms with Crippen LogP contribution in [0.1, 0.15) is 31.7 Å². The summed E-state index contributed by atoms with van der Waals surface area (Å²) < 4.78 is 0. The van der Waals surface area contributed by atoms with Crippen LogP contribution in [0, 0.1) is 0 Å². The Balaban J connectivity index is 2.73. The van der Waals surface area contributed by atoms with E-state index < -0.39 is 53.8 Å². The van der Waals surface area contributed by atoms with Crippen molar-refractivity contribution in [3.63, 3.8) is 0 Å². The molecule has 0 heterocycles. The highest BCUT2D eigenvalue weighted by Gasteiger charge is 2.28. The number of rotatable bonds is 15. The Morgan fingerprint density at radius 3 is 2.09 bits per heavy atom. The number of nitrogens with two attached hydrogens (primary N) is 2. The highest BCUT2D eigenvalue weighted by molar-refractivity contribution is 7.98. The van der Waals surface area contributed by atoms with Gasteiger partial charge in [0.05, 0.1) is 6.04 Å². The van der Waals surface area contributed by atoms with Crippen LogP contribution in [-0.4, -0.2) is 76.0 Å². The van der Waals surface area contributed by atoms with Gasteiger partial charge in [0, 0.05) is 6.42 Å². The first-order valence-electron chi connectivity index (χ1n) is 10.9. The van der Waals surface area contributed by atoms with Crippen LogP contribution in [0.4, 0.5) is 0 Å². The maximum Gasteiger partial charge on any atom is 0.326 e. The molecule has 0 aliphatic heterocycles. The van der Waals surface area contributed by atoms with Crippen LogP contribution in [0.2, 0.25) is 0 Å². The van der Waals surface area contributed by atoms with Crippen LogP contribution in [0.25, 0.3) is 0 Å². The summed E-state index contributed by atoms with van der Waals surface area (Å²) in [5, 5.41) is 26.0. The van der Waals surface area contributed by atoms with Gasteiger partial charge in [-0.25, -0.2) is 4.79 Å². The first-order valence-corrected chi connectivity index (χ1v) is 12.3. The van der Waals surface area contributed by atoms with Crippen molar-refractivity contribution in [1.82, 2.24) is 16.0 Å². The summed E-state index contributed by atoms with van der Waals surface area (Å²) in [5.41, 5.74) is 11.7. The Labute approximate surface area is 207 Å². The standard InChI is InChI=1S/C22H33N5O7S/c1-12(25-20(31)15(23)11-13-3-5-14(28)6-4-13)19(30)26-16(9-10-35-2)21(32)27-17(22(33)34)7-8-18(24)29/h3-6,12,15-17,28H,7-11,23H2,1-2H3,(H2,24,29)(H,25,31)(H,26,30)(H,27,32)(H,33,34). The molecule has 0 fully saturated rings. The maximum atomic E-state index is 12.7. The number of phenols is 1. The van der Waals surface area contributed by atoms with E-state index in [1.807, 2.05) is 6.26 Å². The van der Waals surface area contributed by atoms with Crippen LogP contribution in [0.15, 0.2) is 24.3 Å². The molecule has 1 aromatic carbocycles. The topological polar surface area (TPSA) is 214 Å². The van der Waals surface area contributed by atoms with Gasteiger partial charge in [-0.15, -0.1) is 0 Å². The van der Waals surface area contributed by atoms with Crippen LogP contribution >= 0.6 is 11.8 Å². The number of carbonyl (C=O) groups excluding carboxylic acids is 4. The van der Waals surface area contributed by atoms with Crippen molar-refractivity contribution in [2.24, 2.45) is 11.5 Å². The monoisotopic (exact) mass is 511 g/mol. The Morgan fingerprint density at radius 2 is 1.54 bits per heavy atom. The van der Waals surface area contributed by atoms with E-state index in [9.17, 15) is 34.2 Å². The Morgan fingerprint density at radius 1 is 0.943 bits per heavy atom. The molecule has 1 aromatic rings. The number of aromatic hydroxyl groups is 1. The van der Waals surface area contributed by atoms with Gasteiger partial charge in [0.1, 0.15) is 23.9 Å². The molecule has 0 aromatic heterocycles. The molecule has 4 atom stereocenters. The fraction of sp³-hybridized carbons (Fsp3) is 0.500. The smallest absolute Gasteiger partial charge is 0.326 e. The number of phenolic OH excluding ortho intramolecular Hbond substituents is 1. The van der Waals surface area contributed by atoms with Gasteiger partial charge < -0.3 is 37.6 Å². The summed E-state index contributed by atoms with van der Waals surface area (Å²) in [6.07, 6.45) is 1.78. The lowest BCUT2D eigenvalue weighted by molar-refractivity contribution is -0.142. The zero-order valence-corrected chi connectivity index (χ0v) is 20.5. The van der Waals surface area contributed by atoms with E-state index in [4.69, 9.17) is 11.5 Å². The molecule has 0 aliphatic rings. The predicted octanol–water partition coefficient (Wildman–Crippen LogP) is -1.16. The first-order chi connectivity index (χ1) is 16.4. The normalized spacial score (nSPS) is 14.1. The molecule has 13 heteroatoms. The molecule has 0 saturated heterocycles.